The van der Waals surface area contributed by atoms with Crippen LogP contribution in [-0.4, -0.2) is 24.4 Å². The monoisotopic (exact) mass is 312 g/mol. The number of aromatic amines is 1. The average molecular weight is 312 g/mol. The molecule has 0 fully saturated rings. The Morgan fingerprint density at radius 1 is 1.30 bits per heavy atom. The first kappa shape index (κ1) is 15.7. The van der Waals surface area contributed by atoms with Gasteiger partial charge < -0.3 is 15.0 Å². The summed E-state index contributed by atoms with van der Waals surface area (Å²) >= 11 is 0. The molecule has 0 bridgehead atoms. The van der Waals surface area contributed by atoms with Crippen molar-refractivity contribution in [1.82, 2.24) is 10.3 Å². The molecule has 1 aliphatic carbocycles. The number of methoxy groups -OCH3 is 1. The number of carbonyl (C=O) groups is 1. The van der Waals surface area contributed by atoms with Gasteiger partial charge in [-0.2, -0.15) is 0 Å². The molecule has 3 rings (SSSR count). The smallest absolute Gasteiger partial charge is 0.157 e. The lowest BCUT2D eigenvalue weighted by molar-refractivity contribution is -0.117. The van der Waals surface area contributed by atoms with Crippen molar-refractivity contribution in [2.24, 2.45) is 5.41 Å². The zero-order chi connectivity index (χ0) is 16.4. The largest absolute Gasteiger partial charge is 0.497 e. The molecule has 0 radical (unpaired) electrons. The maximum absolute atomic E-state index is 11.8. The number of aromatic nitrogens is 1. The van der Waals surface area contributed by atoms with Crippen LogP contribution < -0.4 is 10.1 Å². The Labute approximate surface area is 136 Å². The number of nitrogens with one attached hydrogen (secondary N) is 2. The van der Waals surface area contributed by atoms with Gasteiger partial charge in [0.1, 0.15) is 5.75 Å². The van der Waals surface area contributed by atoms with E-state index in [0.717, 1.165) is 36.3 Å². The van der Waals surface area contributed by atoms with E-state index in [9.17, 15) is 4.79 Å². The first-order chi connectivity index (χ1) is 11.0. The number of ketones is 1. The molecule has 1 aromatic carbocycles. The minimum atomic E-state index is 0.0579. The van der Waals surface area contributed by atoms with Gasteiger partial charge in [0.2, 0.25) is 0 Å². The maximum Gasteiger partial charge on any atom is 0.157 e. The summed E-state index contributed by atoms with van der Waals surface area (Å²) in [6, 6.07) is 6.06. The van der Waals surface area contributed by atoms with E-state index in [0.29, 0.717) is 6.42 Å². The van der Waals surface area contributed by atoms with Crippen LogP contribution in [0.2, 0.25) is 0 Å². The zero-order valence-electron chi connectivity index (χ0n) is 14.0. The van der Waals surface area contributed by atoms with Gasteiger partial charge in [-0.05, 0) is 42.0 Å². The van der Waals surface area contributed by atoms with Crippen LogP contribution >= 0.6 is 0 Å². The van der Waals surface area contributed by atoms with Crippen molar-refractivity contribution in [3.05, 3.63) is 41.7 Å². The topological polar surface area (TPSA) is 54.1 Å². The van der Waals surface area contributed by atoms with Gasteiger partial charge in [-0.15, -0.1) is 0 Å². The van der Waals surface area contributed by atoms with Crippen LogP contribution in [0, 0.1) is 5.41 Å². The summed E-state index contributed by atoms with van der Waals surface area (Å²) in [5.74, 6) is 1.09. The SMILES string of the molecule is COc1ccc2[nH]cc(CCNC3=CC(=O)CC(C)(C)C3)c2c1. The third-order valence-corrected chi connectivity index (χ3v) is 4.38. The van der Waals surface area contributed by atoms with Gasteiger partial charge >= 0.3 is 0 Å². The number of H-pyrrole nitrogens is 1. The molecule has 4 heteroatoms. The maximum atomic E-state index is 11.8. The van der Waals surface area contributed by atoms with Gasteiger partial charge in [-0.1, -0.05) is 13.8 Å². The molecule has 122 valence electrons. The molecule has 4 nitrogen and oxygen atoms in total. The van der Waals surface area contributed by atoms with E-state index in [1.54, 1.807) is 13.2 Å². The van der Waals surface area contributed by atoms with Crippen LogP contribution in [0.4, 0.5) is 0 Å². The number of hydrogen-bond acceptors (Lipinski definition) is 3. The van der Waals surface area contributed by atoms with Crippen LogP contribution in [0.3, 0.4) is 0 Å². The first-order valence-corrected chi connectivity index (χ1v) is 8.08. The van der Waals surface area contributed by atoms with Gasteiger partial charge in [0.05, 0.1) is 7.11 Å². The molecule has 0 amide bonds. The normalized spacial score (nSPS) is 17.2. The predicted molar refractivity (Wildman–Crippen MR) is 92.7 cm³/mol. The molecule has 0 spiro atoms. The molecule has 0 aliphatic heterocycles. The van der Waals surface area contributed by atoms with Crippen molar-refractivity contribution >= 4 is 16.7 Å². The molecule has 23 heavy (non-hydrogen) atoms. The Balaban J connectivity index is 1.66. The first-order valence-electron chi connectivity index (χ1n) is 8.08. The molecular formula is C19H24N2O2. The van der Waals surface area contributed by atoms with E-state index < -0.39 is 0 Å². The summed E-state index contributed by atoms with van der Waals surface area (Å²) in [5, 5.41) is 4.63. The molecule has 1 heterocycles. The Kier molecular flexibility index (Phi) is 4.16. The Bertz CT molecular complexity index is 756. The van der Waals surface area contributed by atoms with E-state index in [1.165, 1.54) is 10.9 Å². The molecule has 0 saturated carbocycles. The van der Waals surface area contributed by atoms with E-state index in [2.05, 4.69) is 36.4 Å². The second kappa shape index (κ2) is 6.11. The average Bonchev–Trinajstić information content (AvgIpc) is 2.87. The van der Waals surface area contributed by atoms with Crippen molar-refractivity contribution in [3.8, 4) is 5.75 Å². The van der Waals surface area contributed by atoms with Gasteiger partial charge in [-0.25, -0.2) is 0 Å². The molecular weight excluding hydrogens is 288 g/mol. The number of ether oxygens (including phenoxy) is 1. The van der Waals surface area contributed by atoms with Crippen molar-refractivity contribution in [2.75, 3.05) is 13.7 Å². The second-order valence-electron chi connectivity index (χ2n) is 7.06. The van der Waals surface area contributed by atoms with Gasteiger partial charge in [-0.3, -0.25) is 4.79 Å². The fourth-order valence-electron chi connectivity index (χ4n) is 3.31. The molecule has 1 aliphatic rings. The summed E-state index contributed by atoms with van der Waals surface area (Å²) < 4.78 is 5.30. The van der Waals surface area contributed by atoms with Gasteiger partial charge in [0.25, 0.3) is 0 Å². The highest BCUT2D eigenvalue weighted by Gasteiger charge is 2.27. The number of benzene rings is 1. The number of hydrogen-bond donors (Lipinski definition) is 2. The summed E-state index contributed by atoms with van der Waals surface area (Å²) in [7, 11) is 1.68. The lowest BCUT2D eigenvalue weighted by Crippen LogP contribution is -2.28. The fraction of sp³-hybridized carbons (Fsp3) is 0.421. The highest BCUT2D eigenvalue weighted by Crippen LogP contribution is 2.32. The number of allylic oxidation sites excluding steroid dienone is 2. The van der Waals surface area contributed by atoms with Crippen molar-refractivity contribution in [1.29, 1.82) is 0 Å². The molecule has 2 N–H and O–H groups in total. The predicted octanol–water partition coefficient (Wildman–Crippen LogP) is 3.58. The summed E-state index contributed by atoms with van der Waals surface area (Å²) in [5.41, 5.74) is 3.49. The minimum absolute atomic E-state index is 0.0579. The molecule has 0 atom stereocenters. The quantitative estimate of drug-likeness (QED) is 0.887. The highest BCUT2D eigenvalue weighted by molar-refractivity contribution is 5.91. The van der Waals surface area contributed by atoms with E-state index >= 15 is 0 Å². The van der Waals surface area contributed by atoms with Crippen molar-refractivity contribution in [2.45, 2.75) is 33.1 Å². The number of carbonyl (C=O) groups excluding carboxylic acids is 1. The molecule has 1 aromatic heterocycles. The van der Waals surface area contributed by atoms with Crippen LogP contribution in [0.5, 0.6) is 5.75 Å². The summed E-state index contributed by atoms with van der Waals surface area (Å²) in [6.07, 6.45) is 6.29. The van der Waals surface area contributed by atoms with E-state index in [-0.39, 0.29) is 11.2 Å². The van der Waals surface area contributed by atoms with Crippen LogP contribution in [0.15, 0.2) is 36.2 Å². The van der Waals surface area contributed by atoms with E-state index in [1.807, 2.05) is 12.1 Å². The second-order valence-corrected chi connectivity index (χ2v) is 7.06. The summed E-state index contributed by atoms with van der Waals surface area (Å²) in [6.45, 7) is 5.11. The third-order valence-electron chi connectivity index (χ3n) is 4.38. The lowest BCUT2D eigenvalue weighted by atomic mass is 9.79. The number of rotatable bonds is 5. The third kappa shape index (κ3) is 3.58. The van der Waals surface area contributed by atoms with Crippen LogP contribution in [0.25, 0.3) is 10.9 Å². The molecule has 2 aromatic rings. The van der Waals surface area contributed by atoms with E-state index in [4.69, 9.17) is 4.74 Å². The van der Waals surface area contributed by atoms with Crippen LogP contribution in [0.1, 0.15) is 32.3 Å². The fourth-order valence-corrected chi connectivity index (χ4v) is 3.31. The van der Waals surface area contributed by atoms with Crippen molar-refractivity contribution < 1.29 is 9.53 Å². The van der Waals surface area contributed by atoms with Gasteiger partial charge in [0, 0.05) is 41.8 Å². The highest BCUT2D eigenvalue weighted by atomic mass is 16.5. The zero-order valence-corrected chi connectivity index (χ0v) is 14.0. The number of fused-ring (bicyclic) bond motifs is 1. The van der Waals surface area contributed by atoms with Gasteiger partial charge in [0.15, 0.2) is 5.78 Å². The standard InChI is InChI=1S/C19H24N2O2/c1-19(2)10-14(8-15(22)11-19)20-7-6-13-12-21-18-5-4-16(23-3)9-17(13)18/h4-5,8-9,12,20-21H,6-7,10-11H2,1-3H3. The molecule has 0 unspecified atom stereocenters. The minimum Gasteiger partial charge on any atom is -0.497 e. The Morgan fingerprint density at radius 3 is 2.87 bits per heavy atom. The summed E-state index contributed by atoms with van der Waals surface area (Å²) in [4.78, 5) is 15.1. The van der Waals surface area contributed by atoms with Crippen molar-refractivity contribution in [3.63, 3.8) is 0 Å². The Hall–Kier alpha value is -2.23. The lowest BCUT2D eigenvalue weighted by Gasteiger charge is -2.29. The Morgan fingerprint density at radius 2 is 2.13 bits per heavy atom. The molecule has 0 saturated heterocycles. The van der Waals surface area contributed by atoms with Crippen LogP contribution in [-0.2, 0) is 11.2 Å².